The largest absolute Gasteiger partial charge is 0.507 e. The molecule has 0 aliphatic rings. The van der Waals surface area contributed by atoms with Crippen LogP contribution in [-0.2, 0) is 6.42 Å². The molecule has 0 radical (unpaired) electrons. The Kier molecular flexibility index (Phi) is 3.82. The van der Waals surface area contributed by atoms with E-state index in [0.717, 1.165) is 5.56 Å². The fourth-order valence-electron chi connectivity index (χ4n) is 1.90. The van der Waals surface area contributed by atoms with Gasteiger partial charge in [0.15, 0.2) is 5.82 Å². The maximum atomic E-state index is 9.82. The monoisotopic (exact) mass is 320 g/mol. The van der Waals surface area contributed by atoms with Crippen LogP contribution in [0.25, 0.3) is 11.5 Å². The second kappa shape index (κ2) is 5.76. The highest BCUT2D eigenvalue weighted by Gasteiger charge is 2.13. The minimum absolute atomic E-state index is 0.0427. The Morgan fingerprint density at radius 2 is 1.71 bits per heavy atom. The van der Waals surface area contributed by atoms with Crippen molar-refractivity contribution in [3.05, 3.63) is 63.9 Å². The van der Waals surface area contributed by atoms with Crippen molar-refractivity contribution >= 4 is 23.2 Å². The van der Waals surface area contributed by atoms with Gasteiger partial charge in [0.05, 0.1) is 5.56 Å². The molecular formula is C15H10Cl2N2O2. The summed E-state index contributed by atoms with van der Waals surface area (Å²) in [6.45, 7) is 0. The van der Waals surface area contributed by atoms with Crippen molar-refractivity contribution in [3.8, 4) is 17.2 Å². The summed E-state index contributed by atoms with van der Waals surface area (Å²) in [6.07, 6.45) is 0.516. The number of hydrogen-bond acceptors (Lipinski definition) is 4. The molecule has 4 nitrogen and oxygen atoms in total. The second-order valence-corrected chi connectivity index (χ2v) is 5.35. The number of nitrogens with zero attached hydrogens (tertiary/aromatic N) is 2. The minimum atomic E-state index is 0.0427. The summed E-state index contributed by atoms with van der Waals surface area (Å²) >= 11 is 11.7. The maximum absolute atomic E-state index is 9.82. The van der Waals surface area contributed by atoms with E-state index in [1.807, 2.05) is 12.1 Å². The highest BCUT2D eigenvalue weighted by Crippen LogP contribution is 2.30. The fraction of sp³-hybridized carbons (Fsp3) is 0.0667. The van der Waals surface area contributed by atoms with Crippen molar-refractivity contribution in [1.29, 1.82) is 0 Å². The van der Waals surface area contributed by atoms with Gasteiger partial charge in [-0.1, -0.05) is 40.5 Å². The first-order valence-corrected chi connectivity index (χ1v) is 6.93. The van der Waals surface area contributed by atoms with Crippen LogP contribution in [0.1, 0.15) is 11.4 Å². The van der Waals surface area contributed by atoms with Gasteiger partial charge in [-0.2, -0.15) is 4.98 Å². The number of halogens is 2. The molecule has 1 N–H and O–H groups in total. The third-order valence-corrected chi connectivity index (χ3v) is 3.42. The summed E-state index contributed by atoms with van der Waals surface area (Å²) in [6, 6.07) is 12.1. The molecule has 6 heteroatoms. The molecule has 0 saturated carbocycles. The summed E-state index contributed by atoms with van der Waals surface area (Å²) in [5, 5.41) is 14.9. The highest BCUT2D eigenvalue weighted by molar-refractivity contribution is 6.31. The van der Waals surface area contributed by atoms with Crippen LogP contribution in [0.3, 0.4) is 0 Å². The zero-order valence-electron chi connectivity index (χ0n) is 10.8. The summed E-state index contributed by atoms with van der Waals surface area (Å²) in [4.78, 5) is 4.27. The molecule has 0 unspecified atom stereocenters. The lowest BCUT2D eigenvalue weighted by atomic mass is 10.1. The quantitative estimate of drug-likeness (QED) is 0.779. The molecule has 0 aliphatic heterocycles. The van der Waals surface area contributed by atoms with Crippen molar-refractivity contribution in [1.82, 2.24) is 10.1 Å². The molecule has 0 amide bonds. The third kappa shape index (κ3) is 3.17. The number of phenols is 1. The predicted molar refractivity (Wildman–Crippen MR) is 80.7 cm³/mol. The molecule has 3 rings (SSSR count). The molecule has 3 aromatic rings. The van der Waals surface area contributed by atoms with E-state index >= 15 is 0 Å². The van der Waals surface area contributed by atoms with Gasteiger partial charge in [0.1, 0.15) is 5.75 Å². The van der Waals surface area contributed by atoms with Crippen LogP contribution in [-0.4, -0.2) is 15.2 Å². The van der Waals surface area contributed by atoms with E-state index < -0.39 is 0 Å². The lowest BCUT2D eigenvalue weighted by Gasteiger charge is -1.99. The Bertz CT molecular complexity index is 770. The van der Waals surface area contributed by atoms with Gasteiger partial charge in [-0.25, -0.2) is 0 Å². The molecule has 1 aromatic heterocycles. The van der Waals surface area contributed by atoms with E-state index in [0.29, 0.717) is 27.9 Å². The molecule has 0 bridgehead atoms. The summed E-state index contributed by atoms with van der Waals surface area (Å²) in [5.74, 6) is 0.798. The number of hydrogen-bond donors (Lipinski definition) is 1. The van der Waals surface area contributed by atoms with E-state index in [2.05, 4.69) is 10.1 Å². The van der Waals surface area contributed by atoms with Gasteiger partial charge in [0.2, 0.25) is 0 Å². The molecule has 0 saturated heterocycles. The molecule has 0 spiro atoms. The molecule has 0 fully saturated rings. The van der Waals surface area contributed by atoms with Crippen LogP contribution in [0.5, 0.6) is 5.75 Å². The average molecular weight is 321 g/mol. The number of benzene rings is 2. The van der Waals surface area contributed by atoms with E-state index in [1.165, 1.54) is 6.07 Å². The summed E-state index contributed by atoms with van der Waals surface area (Å²) < 4.78 is 5.18. The zero-order chi connectivity index (χ0) is 14.8. The Morgan fingerprint density at radius 3 is 2.48 bits per heavy atom. The van der Waals surface area contributed by atoms with Crippen LogP contribution >= 0.6 is 23.2 Å². The second-order valence-electron chi connectivity index (χ2n) is 4.48. The van der Waals surface area contributed by atoms with Crippen LogP contribution < -0.4 is 0 Å². The van der Waals surface area contributed by atoms with E-state index in [9.17, 15) is 5.11 Å². The number of aromatic nitrogens is 2. The van der Waals surface area contributed by atoms with Gasteiger partial charge in [0.25, 0.3) is 5.89 Å². The van der Waals surface area contributed by atoms with Gasteiger partial charge in [-0.15, -0.1) is 0 Å². The van der Waals surface area contributed by atoms with Crippen molar-refractivity contribution in [3.63, 3.8) is 0 Å². The fourth-order valence-corrected chi connectivity index (χ4v) is 2.20. The van der Waals surface area contributed by atoms with Gasteiger partial charge in [-0.05, 0) is 35.9 Å². The predicted octanol–water partition coefficient (Wildman–Crippen LogP) is 4.34. The smallest absolute Gasteiger partial charge is 0.261 e. The van der Waals surface area contributed by atoms with Crippen LogP contribution in [0, 0.1) is 0 Å². The van der Waals surface area contributed by atoms with Crippen LogP contribution in [0.4, 0.5) is 0 Å². The molecule has 106 valence electrons. The third-order valence-electron chi connectivity index (χ3n) is 2.93. The van der Waals surface area contributed by atoms with Gasteiger partial charge in [0, 0.05) is 16.5 Å². The summed E-state index contributed by atoms with van der Waals surface area (Å²) in [5.41, 5.74) is 1.43. The molecule has 21 heavy (non-hydrogen) atoms. The van der Waals surface area contributed by atoms with Crippen molar-refractivity contribution in [2.45, 2.75) is 6.42 Å². The SMILES string of the molecule is Oc1ccc(Cl)cc1-c1nc(Cc2ccc(Cl)cc2)no1. The Labute approximate surface area is 130 Å². The molecular weight excluding hydrogens is 311 g/mol. The lowest BCUT2D eigenvalue weighted by Crippen LogP contribution is -1.90. The number of phenolic OH excluding ortho intramolecular Hbond substituents is 1. The first-order chi connectivity index (χ1) is 10.1. The first kappa shape index (κ1) is 13.9. The van der Waals surface area contributed by atoms with Crippen molar-refractivity contribution in [2.75, 3.05) is 0 Å². The first-order valence-electron chi connectivity index (χ1n) is 6.18. The molecule has 0 aliphatic carbocycles. The lowest BCUT2D eigenvalue weighted by molar-refractivity contribution is 0.418. The highest BCUT2D eigenvalue weighted by atomic mass is 35.5. The Morgan fingerprint density at radius 1 is 1.00 bits per heavy atom. The van der Waals surface area contributed by atoms with Crippen LogP contribution in [0.2, 0.25) is 10.0 Å². The van der Waals surface area contributed by atoms with Gasteiger partial charge >= 0.3 is 0 Å². The minimum Gasteiger partial charge on any atom is -0.507 e. The topological polar surface area (TPSA) is 59.2 Å². The molecule has 2 aromatic carbocycles. The molecule has 1 heterocycles. The normalized spacial score (nSPS) is 10.8. The Balaban J connectivity index is 1.86. The zero-order valence-corrected chi connectivity index (χ0v) is 12.3. The van der Waals surface area contributed by atoms with Crippen LogP contribution in [0.15, 0.2) is 47.0 Å². The average Bonchev–Trinajstić information content (AvgIpc) is 2.92. The van der Waals surface area contributed by atoms with Crippen molar-refractivity contribution in [2.24, 2.45) is 0 Å². The van der Waals surface area contributed by atoms with Gasteiger partial charge < -0.3 is 9.63 Å². The van der Waals surface area contributed by atoms with E-state index in [1.54, 1.807) is 24.3 Å². The Hall–Kier alpha value is -2.04. The number of rotatable bonds is 3. The molecule has 0 atom stereocenters. The maximum Gasteiger partial charge on any atom is 0.261 e. The van der Waals surface area contributed by atoms with E-state index in [4.69, 9.17) is 27.7 Å². The number of aromatic hydroxyl groups is 1. The van der Waals surface area contributed by atoms with E-state index in [-0.39, 0.29) is 11.6 Å². The van der Waals surface area contributed by atoms with Crippen molar-refractivity contribution < 1.29 is 9.63 Å². The van der Waals surface area contributed by atoms with Gasteiger partial charge in [-0.3, -0.25) is 0 Å². The standard InChI is InChI=1S/C15H10Cl2N2O2/c16-10-3-1-9(2-4-10)7-14-18-15(21-19-14)12-8-11(17)5-6-13(12)20/h1-6,8,20H,7H2. The summed E-state index contributed by atoms with van der Waals surface area (Å²) in [7, 11) is 0.